The third-order valence-corrected chi connectivity index (χ3v) is 15.1. The van der Waals surface area contributed by atoms with Crippen molar-refractivity contribution in [3.05, 3.63) is 0 Å². The summed E-state index contributed by atoms with van der Waals surface area (Å²) in [5.74, 6) is 0. The first kappa shape index (κ1) is 38.2. The van der Waals surface area contributed by atoms with Gasteiger partial charge in [-0.3, -0.25) is 0 Å². The molecule has 12 nitrogen and oxygen atoms in total. The van der Waals surface area contributed by atoms with E-state index in [9.17, 15) is 25.3 Å². The Labute approximate surface area is 242 Å². The molecule has 0 rings (SSSR count). The zero-order valence-corrected chi connectivity index (χ0v) is 26.1. The molecule has 0 aliphatic carbocycles. The fraction of sp³-hybridized carbons (Fsp3) is 0.880. The number of unbranched alkanes of at least 4 members (excludes halogenated alkanes) is 12. The highest BCUT2D eigenvalue weighted by atomic mass is 32.3. The highest BCUT2D eigenvalue weighted by Crippen LogP contribution is 2.35. The number of hydrogen-bond acceptors (Lipinski definition) is 9. The normalized spacial score (nSPS) is 12.4. The van der Waals surface area contributed by atoms with E-state index in [1.165, 1.54) is 0 Å². The van der Waals surface area contributed by atoms with E-state index in [1.54, 1.807) is 0 Å². The summed E-state index contributed by atoms with van der Waals surface area (Å²) in [6.45, 7) is 1.42. The molecule has 0 unspecified atom stereocenters. The molecule has 0 aromatic heterocycles. The van der Waals surface area contributed by atoms with Gasteiger partial charge >= 0.3 is 3.41 Å². The molecule has 0 atom stereocenters. The second-order valence-corrected chi connectivity index (χ2v) is 16.3. The van der Waals surface area contributed by atoms with Gasteiger partial charge in [-0.1, -0.05) is 45.4 Å². The topological polar surface area (TPSA) is 210 Å². The summed E-state index contributed by atoms with van der Waals surface area (Å²) in [5, 5.41) is 26.1. The summed E-state index contributed by atoms with van der Waals surface area (Å²) in [4.78, 5) is 0. The fourth-order valence-corrected chi connectivity index (χ4v) is 11.7. The van der Waals surface area contributed by atoms with Crippen molar-refractivity contribution in [1.29, 1.82) is 15.8 Å². The predicted octanol–water partition coefficient (Wildman–Crippen LogP) is 3.62. The quantitative estimate of drug-likeness (QED) is 0.120. The molecule has 230 valence electrons. The second-order valence-electron chi connectivity index (χ2n) is 9.59. The molecule has 40 heavy (non-hydrogen) atoms. The van der Waals surface area contributed by atoms with Crippen molar-refractivity contribution in [3.63, 3.8) is 0 Å². The molecule has 0 amide bonds. The van der Waals surface area contributed by atoms with Crippen molar-refractivity contribution in [2.75, 3.05) is 19.6 Å². The minimum Gasteiger partial charge on any atom is -0.213 e. The van der Waals surface area contributed by atoms with Gasteiger partial charge in [0.05, 0.1) is 18.2 Å². The molecule has 0 aromatic rings. The van der Waals surface area contributed by atoms with Gasteiger partial charge in [0.1, 0.15) is 0 Å². The SMILES string of the molecule is CCCCCCC(S(=O)(=O)NCCCCCC#N)(S(=O)(=O)NCCCCCC#N)S(=O)(=O)NCCCCCC#N. The molecule has 0 bridgehead atoms. The smallest absolute Gasteiger partial charge is 0.213 e. The predicted molar refractivity (Wildman–Crippen MR) is 155 cm³/mol. The molecule has 0 saturated heterocycles. The van der Waals surface area contributed by atoms with Crippen LogP contribution in [0, 0.1) is 34.0 Å². The van der Waals surface area contributed by atoms with Crippen LogP contribution in [0.4, 0.5) is 0 Å². The summed E-state index contributed by atoms with van der Waals surface area (Å²) in [6, 6.07) is 5.99. The van der Waals surface area contributed by atoms with Crippen molar-refractivity contribution in [1.82, 2.24) is 14.2 Å². The zero-order chi connectivity index (χ0) is 30.4. The Kier molecular flexibility index (Phi) is 20.0. The lowest BCUT2D eigenvalue weighted by Gasteiger charge is -2.32. The van der Waals surface area contributed by atoms with Crippen molar-refractivity contribution in [3.8, 4) is 18.2 Å². The van der Waals surface area contributed by atoms with E-state index < -0.39 is 39.9 Å². The van der Waals surface area contributed by atoms with E-state index in [1.807, 2.05) is 25.1 Å². The van der Waals surface area contributed by atoms with Crippen LogP contribution < -0.4 is 14.2 Å². The lowest BCUT2D eigenvalue weighted by Crippen LogP contribution is -2.63. The minimum atomic E-state index is -4.98. The molecule has 0 saturated carbocycles. The lowest BCUT2D eigenvalue weighted by molar-refractivity contribution is 0.507. The Bertz CT molecular complexity index is 1020. The number of nitrogens with one attached hydrogen (secondary N) is 3. The molecule has 0 aliphatic heterocycles. The monoisotopic (exact) mass is 622 g/mol. The van der Waals surface area contributed by atoms with E-state index in [4.69, 9.17) is 15.8 Å². The highest BCUT2D eigenvalue weighted by molar-refractivity contribution is 8.24. The first-order valence-electron chi connectivity index (χ1n) is 14.1. The molecular weight excluding hydrogens is 577 g/mol. The molecule has 15 heteroatoms. The molecule has 0 fully saturated rings. The van der Waals surface area contributed by atoms with Gasteiger partial charge in [0, 0.05) is 45.3 Å². The maximum atomic E-state index is 13.8. The van der Waals surface area contributed by atoms with Crippen LogP contribution in [0.15, 0.2) is 0 Å². The van der Waals surface area contributed by atoms with E-state index in [0.29, 0.717) is 89.9 Å². The molecule has 0 radical (unpaired) electrons. The Hall–Kier alpha value is -1.80. The number of rotatable bonds is 26. The Balaban J connectivity index is 6.26. The van der Waals surface area contributed by atoms with Crippen LogP contribution >= 0.6 is 0 Å². The van der Waals surface area contributed by atoms with Gasteiger partial charge in [-0.15, -0.1) is 0 Å². The Morgan fingerprint density at radius 1 is 0.500 bits per heavy atom. The maximum Gasteiger partial charge on any atom is 0.313 e. The zero-order valence-electron chi connectivity index (χ0n) is 23.7. The second kappa shape index (κ2) is 21.0. The van der Waals surface area contributed by atoms with Crippen LogP contribution in [0.5, 0.6) is 0 Å². The summed E-state index contributed by atoms with van der Waals surface area (Å²) in [7, 11) is -15.0. The average molecular weight is 623 g/mol. The number of nitriles is 3. The van der Waals surface area contributed by atoms with Gasteiger partial charge < -0.3 is 0 Å². The Morgan fingerprint density at radius 3 is 1.12 bits per heavy atom. The van der Waals surface area contributed by atoms with Crippen molar-refractivity contribution in [2.45, 2.75) is 119 Å². The third-order valence-electron chi connectivity index (χ3n) is 6.34. The number of hydrogen-bond donors (Lipinski definition) is 3. The molecule has 3 N–H and O–H groups in total. The van der Waals surface area contributed by atoms with Crippen LogP contribution in [0.25, 0.3) is 0 Å². The van der Waals surface area contributed by atoms with E-state index >= 15 is 0 Å². The molecular formula is C25H46N6O6S3. The van der Waals surface area contributed by atoms with Crippen molar-refractivity contribution < 1.29 is 25.3 Å². The van der Waals surface area contributed by atoms with E-state index in [2.05, 4.69) is 14.2 Å². The number of sulfonamides is 3. The van der Waals surface area contributed by atoms with Crippen LogP contribution in [0.2, 0.25) is 0 Å². The van der Waals surface area contributed by atoms with Crippen LogP contribution in [-0.2, 0) is 30.1 Å². The lowest BCUT2D eigenvalue weighted by atomic mass is 10.2. The summed E-state index contributed by atoms with van der Waals surface area (Å²) in [6.07, 6.45) is 6.32. The van der Waals surface area contributed by atoms with Crippen LogP contribution in [-0.4, -0.2) is 48.3 Å². The van der Waals surface area contributed by atoms with Gasteiger partial charge in [-0.25, -0.2) is 39.4 Å². The largest absolute Gasteiger partial charge is 0.313 e. The molecule has 0 aliphatic rings. The van der Waals surface area contributed by atoms with Crippen LogP contribution in [0.3, 0.4) is 0 Å². The number of nitrogens with zero attached hydrogens (tertiary/aromatic N) is 3. The minimum absolute atomic E-state index is 0.0586. The third kappa shape index (κ3) is 12.8. The molecule has 0 heterocycles. The van der Waals surface area contributed by atoms with E-state index in [-0.39, 0.29) is 26.1 Å². The average Bonchev–Trinajstić information content (AvgIpc) is 2.89. The van der Waals surface area contributed by atoms with Gasteiger partial charge in [0.15, 0.2) is 0 Å². The van der Waals surface area contributed by atoms with Crippen LogP contribution in [0.1, 0.15) is 116 Å². The fourth-order valence-electron chi connectivity index (χ4n) is 4.07. The summed E-state index contributed by atoms with van der Waals surface area (Å²) < 4.78 is 86.2. The summed E-state index contributed by atoms with van der Waals surface area (Å²) >= 11 is 0. The maximum absolute atomic E-state index is 13.8. The van der Waals surface area contributed by atoms with Gasteiger partial charge in [-0.05, 0) is 44.9 Å². The Morgan fingerprint density at radius 2 is 0.825 bits per heavy atom. The van der Waals surface area contributed by atoms with Gasteiger partial charge in [-0.2, -0.15) is 15.8 Å². The van der Waals surface area contributed by atoms with Gasteiger partial charge in [0.2, 0.25) is 30.1 Å². The van der Waals surface area contributed by atoms with Crippen molar-refractivity contribution in [2.24, 2.45) is 0 Å². The molecule has 0 spiro atoms. The summed E-state index contributed by atoms with van der Waals surface area (Å²) in [5.41, 5.74) is 0. The van der Waals surface area contributed by atoms with E-state index in [0.717, 1.165) is 6.42 Å². The first-order valence-corrected chi connectivity index (χ1v) is 18.5. The standard InChI is InChI=1S/C25H46N6O6S3/c1-2-3-4-11-18-25(38(32,33)29-22-15-8-5-12-19-26,39(34,35)30-23-16-9-6-13-20-27)40(36,37)31-24-17-10-7-14-21-28/h29-31H,2-18,22-24H2,1H3. The highest BCUT2D eigenvalue weighted by Gasteiger charge is 2.64. The molecule has 0 aromatic carbocycles. The van der Waals surface area contributed by atoms with Gasteiger partial charge in [0.25, 0.3) is 0 Å². The van der Waals surface area contributed by atoms with Crippen molar-refractivity contribution >= 4 is 30.1 Å². The first-order chi connectivity index (χ1) is 19.0.